The van der Waals surface area contributed by atoms with E-state index in [4.69, 9.17) is 14.2 Å². The van der Waals surface area contributed by atoms with Crippen molar-refractivity contribution >= 4 is 0 Å². The fourth-order valence-electron chi connectivity index (χ4n) is 2.89. The molecule has 0 bridgehead atoms. The molecule has 4 nitrogen and oxygen atoms in total. The molecule has 0 radical (unpaired) electrons. The van der Waals surface area contributed by atoms with E-state index >= 15 is 0 Å². The van der Waals surface area contributed by atoms with Crippen molar-refractivity contribution in [3.05, 3.63) is 28.8 Å². The normalized spacial score (nSPS) is 19.6. The van der Waals surface area contributed by atoms with Crippen molar-refractivity contribution in [2.75, 3.05) is 27.4 Å². The minimum absolute atomic E-state index is 0.590. The minimum atomic E-state index is -0.717. The predicted molar refractivity (Wildman–Crippen MR) is 77.2 cm³/mol. The summed E-state index contributed by atoms with van der Waals surface area (Å²) in [4.78, 5) is 0. The van der Waals surface area contributed by atoms with Gasteiger partial charge in [0.15, 0.2) is 0 Å². The quantitative estimate of drug-likeness (QED) is 0.920. The zero-order chi connectivity index (χ0) is 14.8. The largest absolute Gasteiger partial charge is 0.496 e. The second-order valence-electron chi connectivity index (χ2n) is 5.41. The molecular formula is C16H24O4. The highest BCUT2D eigenvalue weighted by Crippen LogP contribution is 2.41. The zero-order valence-corrected chi connectivity index (χ0v) is 12.7. The summed E-state index contributed by atoms with van der Waals surface area (Å²) in [6, 6.07) is 3.95. The van der Waals surface area contributed by atoms with Crippen molar-refractivity contribution in [3.63, 3.8) is 0 Å². The van der Waals surface area contributed by atoms with Crippen LogP contribution < -0.4 is 4.74 Å². The number of hydrogen-bond acceptors (Lipinski definition) is 4. The Balaban J connectivity index is 2.41. The highest BCUT2D eigenvalue weighted by molar-refractivity contribution is 5.47. The van der Waals surface area contributed by atoms with Gasteiger partial charge in [-0.2, -0.15) is 0 Å². The summed E-state index contributed by atoms with van der Waals surface area (Å²) >= 11 is 0. The third-order valence-electron chi connectivity index (χ3n) is 4.45. The lowest BCUT2D eigenvalue weighted by Gasteiger charge is -2.40. The monoisotopic (exact) mass is 280 g/mol. The Hall–Kier alpha value is -1.10. The number of benzene rings is 1. The van der Waals surface area contributed by atoms with Gasteiger partial charge in [0.2, 0.25) is 0 Å². The van der Waals surface area contributed by atoms with Crippen LogP contribution in [0.25, 0.3) is 0 Å². The minimum Gasteiger partial charge on any atom is -0.496 e. The summed E-state index contributed by atoms with van der Waals surface area (Å²) in [5.74, 6) is 0.750. The summed E-state index contributed by atoms with van der Waals surface area (Å²) in [6.45, 7) is 5.26. The second-order valence-corrected chi connectivity index (χ2v) is 5.41. The lowest BCUT2D eigenvalue weighted by molar-refractivity contribution is -0.154. The Morgan fingerprint density at radius 3 is 2.40 bits per heavy atom. The second kappa shape index (κ2) is 6.12. The van der Waals surface area contributed by atoms with E-state index < -0.39 is 11.7 Å². The van der Waals surface area contributed by atoms with Crippen LogP contribution in [0.4, 0.5) is 0 Å². The molecule has 0 aliphatic carbocycles. The molecule has 1 saturated heterocycles. The maximum atomic E-state index is 10.9. The Morgan fingerprint density at radius 1 is 1.20 bits per heavy atom. The zero-order valence-electron chi connectivity index (χ0n) is 12.7. The van der Waals surface area contributed by atoms with Crippen LogP contribution >= 0.6 is 0 Å². The van der Waals surface area contributed by atoms with Crippen LogP contribution in [-0.4, -0.2) is 38.1 Å². The molecule has 0 spiro atoms. The number of aryl methyl sites for hydroxylation is 1. The molecule has 2 rings (SSSR count). The van der Waals surface area contributed by atoms with Gasteiger partial charge in [-0.15, -0.1) is 0 Å². The Bertz CT molecular complexity index is 464. The standard InChI is InChI=1S/C16H24O4/c1-11-5-6-13(14(18-3)12(11)2)15(17)16(19-4)7-9-20-10-8-16/h5-6,15,17H,7-10H2,1-4H3. The summed E-state index contributed by atoms with van der Waals surface area (Å²) in [5.41, 5.74) is 2.41. The van der Waals surface area contributed by atoms with Gasteiger partial charge in [0.05, 0.1) is 7.11 Å². The molecule has 1 fully saturated rings. The fourth-order valence-corrected chi connectivity index (χ4v) is 2.89. The highest BCUT2D eigenvalue weighted by Gasteiger charge is 2.42. The van der Waals surface area contributed by atoms with E-state index in [0.717, 1.165) is 22.4 Å². The van der Waals surface area contributed by atoms with Crippen LogP contribution in [0, 0.1) is 13.8 Å². The fraction of sp³-hybridized carbons (Fsp3) is 0.625. The van der Waals surface area contributed by atoms with Crippen molar-refractivity contribution < 1.29 is 19.3 Å². The summed E-state index contributed by atoms with van der Waals surface area (Å²) in [5, 5.41) is 10.9. The van der Waals surface area contributed by atoms with Gasteiger partial charge < -0.3 is 19.3 Å². The van der Waals surface area contributed by atoms with Crippen molar-refractivity contribution in [2.45, 2.75) is 38.4 Å². The molecule has 0 aromatic heterocycles. The van der Waals surface area contributed by atoms with Gasteiger partial charge in [-0.3, -0.25) is 0 Å². The maximum Gasteiger partial charge on any atom is 0.127 e. The lowest BCUT2D eigenvalue weighted by atomic mass is 9.83. The average Bonchev–Trinajstić information content (AvgIpc) is 2.49. The number of aliphatic hydroxyl groups is 1. The molecule has 0 saturated carbocycles. The van der Waals surface area contributed by atoms with Gasteiger partial charge >= 0.3 is 0 Å². The predicted octanol–water partition coefficient (Wildman–Crippen LogP) is 2.54. The third-order valence-corrected chi connectivity index (χ3v) is 4.45. The molecule has 1 aromatic rings. The first kappa shape index (κ1) is 15.3. The van der Waals surface area contributed by atoms with E-state index in [1.54, 1.807) is 14.2 Å². The molecule has 112 valence electrons. The van der Waals surface area contributed by atoms with Crippen LogP contribution in [0.3, 0.4) is 0 Å². The van der Waals surface area contributed by atoms with E-state index in [-0.39, 0.29) is 0 Å². The van der Waals surface area contributed by atoms with Gasteiger partial charge in [0, 0.05) is 38.7 Å². The van der Waals surface area contributed by atoms with Gasteiger partial charge in [-0.05, 0) is 25.0 Å². The van der Waals surface area contributed by atoms with E-state index in [1.165, 1.54) is 0 Å². The molecule has 20 heavy (non-hydrogen) atoms. The van der Waals surface area contributed by atoms with Gasteiger partial charge in [-0.1, -0.05) is 12.1 Å². The van der Waals surface area contributed by atoms with E-state index in [9.17, 15) is 5.11 Å². The number of aliphatic hydroxyl groups excluding tert-OH is 1. The summed E-state index contributed by atoms with van der Waals surface area (Å²) in [7, 11) is 3.30. The number of hydrogen-bond donors (Lipinski definition) is 1. The summed E-state index contributed by atoms with van der Waals surface area (Å²) < 4.78 is 16.6. The molecule has 4 heteroatoms. The SMILES string of the molecule is COc1c(C(O)C2(OC)CCOCC2)ccc(C)c1C. The topological polar surface area (TPSA) is 47.9 Å². The molecule has 1 aromatic carbocycles. The molecule has 1 aliphatic rings. The molecule has 0 amide bonds. The van der Waals surface area contributed by atoms with Gasteiger partial charge in [-0.25, -0.2) is 0 Å². The lowest BCUT2D eigenvalue weighted by Crippen LogP contribution is -2.44. The van der Waals surface area contributed by atoms with Gasteiger partial charge in [0.1, 0.15) is 17.5 Å². The summed E-state index contributed by atoms with van der Waals surface area (Å²) in [6.07, 6.45) is 0.646. The number of rotatable bonds is 4. The first-order valence-corrected chi connectivity index (χ1v) is 7.01. The van der Waals surface area contributed by atoms with E-state index in [2.05, 4.69) is 0 Å². The van der Waals surface area contributed by atoms with E-state index in [0.29, 0.717) is 26.1 Å². The van der Waals surface area contributed by atoms with Crippen LogP contribution in [-0.2, 0) is 9.47 Å². The van der Waals surface area contributed by atoms with Crippen molar-refractivity contribution in [1.29, 1.82) is 0 Å². The maximum absolute atomic E-state index is 10.9. The van der Waals surface area contributed by atoms with Gasteiger partial charge in [0.25, 0.3) is 0 Å². The smallest absolute Gasteiger partial charge is 0.127 e. The third kappa shape index (κ3) is 2.55. The number of methoxy groups -OCH3 is 2. The average molecular weight is 280 g/mol. The Morgan fingerprint density at radius 2 is 1.85 bits per heavy atom. The Kier molecular flexibility index (Phi) is 4.68. The molecule has 1 heterocycles. The molecule has 1 atom stereocenters. The van der Waals surface area contributed by atoms with Crippen LogP contribution in [0.15, 0.2) is 12.1 Å². The van der Waals surface area contributed by atoms with Crippen LogP contribution in [0.5, 0.6) is 5.75 Å². The molecular weight excluding hydrogens is 256 g/mol. The van der Waals surface area contributed by atoms with Crippen LogP contribution in [0.1, 0.15) is 35.6 Å². The first-order valence-electron chi connectivity index (χ1n) is 7.01. The first-order chi connectivity index (χ1) is 9.55. The van der Waals surface area contributed by atoms with Crippen molar-refractivity contribution in [1.82, 2.24) is 0 Å². The molecule has 1 aliphatic heterocycles. The number of ether oxygens (including phenoxy) is 3. The molecule has 1 N–H and O–H groups in total. The van der Waals surface area contributed by atoms with Crippen molar-refractivity contribution in [3.8, 4) is 5.75 Å². The van der Waals surface area contributed by atoms with Crippen LogP contribution in [0.2, 0.25) is 0 Å². The van der Waals surface area contributed by atoms with E-state index in [1.807, 2.05) is 26.0 Å². The highest BCUT2D eigenvalue weighted by atomic mass is 16.5. The Labute approximate surface area is 120 Å². The molecule has 1 unspecified atom stereocenters. The van der Waals surface area contributed by atoms with Crippen molar-refractivity contribution in [2.24, 2.45) is 0 Å².